The van der Waals surface area contributed by atoms with Gasteiger partial charge >= 0.3 is 5.97 Å². The number of hydrogen-bond donors (Lipinski definition) is 0. The lowest BCUT2D eigenvalue weighted by molar-refractivity contribution is -0.145. The number of aromatic nitrogens is 2. The fraction of sp³-hybridized carbons (Fsp3) is 0.227. The number of aryl methyl sites for hydroxylation is 1. The van der Waals surface area contributed by atoms with Gasteiger partial charge in [0.25, 0.3) is 0 Å². The number of thiazole rings is 2. The van der Waals surface area contributed by atoms with Crippen molar-refractivity contribution in [3.05, 3.63) is 58.5 Å². The lowest BCUT2D eigenvalue weighted by atomic mass is 10.2. The molecule has 0 radical (unpaired) electrons. The molecular formula is C22H20N2O4S2. The number of rotatable bonds is 8. The van der Waals surface area contributed by atoms with Gasteiger partial charge in [-0.2, -0.15) is 0 Å². The van der Waals surface area contributed by atoms with Crippen molar-refractivity contribution in [1.29, 1.82) is 0 Å². The molecule has 0 bridgehead atoms. The Labute approximate surface area is 182 Å². The zero-order chi connectivity index (χ0) is 20.9. The van der Waals surface area contributed by atoms with E-state index in [2.05, 4.69) is 9.97 Å². The van der Waals surface area contributed by atoms with E-state index in [4.69, 9.17) is 14.2 Å². The molecule has 0 aliphatic rings. The van der Waals surface area contributed by atoms with Gasteiger partial charge in [-0.1, -0.05) is 18.2 Å². The second-order valence-electron chi connectivity index (χ2n) is 6.42. The van der Waals surface area contributed by atoms with Gasteiger partial charge in [0.05, 0.1) is 47.1 Å². The molecule has 6 nitrogen and oxygen atoms in total. The van der Waals surface area contributed by atoms with Crippen molar-refractivity contribution in [3.8, 4) is 22.1 Å². The second-order valence-corrected chi connectivity index (χ2v) is 8.39. The van der Waals surface area contributed by atoms with Crippen LogP contribution < -0.4 is 9.47 Å². The van der Waals surface area contributed by atoms with Gasteiger partial charge in [-0.3, -0.25) is 4.79 Å². The Morgan fingerprint density at radius 3 is 2.70 bits per heavy atom. The number of nitrogens with zero attached hydrogens (tertiary/aromatic N) is 2. The van der Waals surface area contributed by atoms with Gasteiger partial charge in [-0.25, -0.2) is 9.97 Å². The third kappa shape index (κ3) is 4.44. The molecule has 0 N–H and O–H groups in total. The first-order valence-electron chi connectivity index (χ1n) is 9.33. The van der Waals surface area contributed by atoms with Gasteiger partial charge < -0.3 is 14.2 Å². The molecule has 2 heterocycles. The number of ether oxygens (including phenoxy) is 3. The molecule has 154 valence electrons. The lowest BCUT2D eigenvalue weighted by Gasteiger charge is -2.10. The summed E-state index contributed by atoms with van der Waals surface area (Å²) in [6.45, 7) is 0.140. The van der Waals surface area contributed by atoms with E-state index in [-0.39, 0.29) is 12.6 Å². The molecule has 0 fully saturated rings. The van der Waals surface area contributed by atoms with E-state index in [1.807, 2.05) is 47.8 Å². The number of carbonyl (C=O) groups excluding carboxylic acids is 1. The molecule has 0 spiro atoms. The van der Waals surface area contributed by atoms with Gasteiger partial charge in [-0.15, -0.1) is 22.7 Å². The number of para-hydroxylation sites is 2. The van der Waals surface area contributed by atoms with Gasteiger partial charge in [0.15, 0.2) is 11.5 Å². The molecule has 0 unspecified atom stereocenters. The average molecular weight is 441 g/mol. The van der Waals surface area contributed by atoms with Gasteiger partial charge in [0.2, 0.25) is 0 Å². The predicted molar refractivity (Wildman–Crippen MR) is 118 cm³/mol. The molecule has 0 saturated heterocycles. The molecule has 2 aromatic carbocycles. The third-order valence-corrected chi connectivity index (χ3v) is 6.47. The maximum absolute atomic E-state index is 12.2. The fourth-order valence-electron chi connectivity index (χ4n) is 3.01. The van der Waals surface area contributed by atoms with Gasteiger partial charge in [-0.05, 0) is 24.3 Å². The van der Waals surface area contributed by atoms with Crippen molar-refractivity contribution in [2.75, 3.05) is 14.2 Å². The van der Waals surface area contributed by atoms with E-state index in [1.165, 1.54) is 11.3 Å². The van der Waals surface area contributed by atoms with Crippen molar-refractivity contribution in [3.63, 3.8) is 0 Å². The van der Waals surface area contributed by atoms with Crippen LogP contribution in [-0.2, 0) is 22.6 Å². The highest BCUT2D eigenvalue weighted by Gasteiger charge is 2.15. The Hall–Kier alpha value is -2.97. The van der Waals surface area contributed by atoms with Crippen LogP contribution in [0.1, 0.15) is 17.1 Å². The zero-order valence-electron chi connectivity index (χ0n) is 16.6. The topological polar surface area (TPSA) is 70.5 Å². The van der Waals surface area contributed by atoms with Crippen molar-refractivity contribution in [1.82, 2.24) is 9.97 Å². The summed E-state index contributed by atoms with van der Waals surface area (Å²) < 4.78 is 17.4. The molecule has 0 amide bonds. The first kappa shape index (κ1) is 20.3. The Morgan fingerprint density at radius 2 is 1.90 bits per heavy atom. The number of benzene rings is 2. The fourth-order valence-corrected chi connectivity index (χ4v) is 4.81. The Balaban J connectivity index is 1.34. The minimum absolute atomic E-state index is 0.140. The predicted octanol–water partition coefficient (Wildman–Crippen LogP) is 5.11. The maximum atomic E-state index is 12.2. The second kappa shape index (κ2) is 9.23. The molecule has 0 aliphatic carbocycles. The highest BCUT2D eigenvalue weighted by atomic mass is 32.1. The van der Waals surface area contributed by atoms with Crippen LogP contribution in [0.15, 0.2) is 47.8 Å². The number of fused-ring (bicyclic) bond motifs is 1. The Morgan fingerprint density at radius 1 is 1.03 bits per heavy atom. The van der Waals surface area contributed by atoms with E-state index in [0.29, 0.717) is 30.0 Å². The van der Waals surface area contributed by atoms with E-state index in [1.54, 1.807) is 25.6 Å². The lowest BCUT2D eigenvalue weighted by Crippen LogP contribution is -2.06. The quantitative estimate of drug-likeness (QED) is 0.355. The zero-order valence-corrected chi connectivity index (χ0v) is 18.2. The van der Waals surface area contributed by atoms with Crippen LogP contribution in [0, 0.1) is 0 Å². The molecule has 2 aromatic heterocycles. The first-order chi connectivity index (χ1) is 14.7. The van der Waals surface area contributed by atoms with E-state index < -0.39 is 0 Å². The summed E-state index contributed by atoms with van der Waals surface area (Å²) in [6, 6.07) is 13.6. The SMILES string of the molecule is COc1cccc(-c2nc(COC(=O)CCc3nc4ccccc4s3)cs2)c1OC. The highest BCUT2D eigenvalue weighted by Crippen LogP contribution is 2.39. The molecular weight excluding hydrogens is 420 g/mol. The number of methoxy groups -OCH3 is 2. The monoisotopic (exact) mass is 440 g/mol. The van der Waals surface area contributed by atoms with Crippen LogP contribution in [-0.4, -0.2) is 30.2 Å². The van der Waals surface area contributed by atoms with Crippen molar-refractivity contribution >= 4 is 38.9 Å². The largest absolute Gasteiger partial charge is 0.493 e. The van der Waals surface area contributed by atoms with Gasteiger partial charge in [0.1, 0.15) is 11.6 Å². The summed E-state index contributed by atoms with van der Waals surface area (Å²) in [5, 5.41) is 3.61. The van der Waals surface area contributed by atoms with Crippen LogP contribution in [0.4, 0.5) is 0 Å². The average Bonchev–Trinajstić information content (AvgIpc) is 3.42. The minimum Gasteiger partial charge on any atom is -0.493 e. The van der Waals surface area contributed by atoms with Crippen LogP contribution in [0.5, 0.6) is 11.5 Å². The Kier molecular flexibility index (Phi) is 6.25. The van der Waals surface area contributed by atoms with Crippen molar-refractivity contribution in [2.45, 2.75) is 19.4 Å². The van der Waals surface area contributed by atoms with Crippen molar-refractivity contribution < 1.29 is 19.0 Å². The maximum Gasteiger partial charge on any atom is 0.306 e. The van der Waals surface area contributed by atoms with Crippen LogP contribution in [0.25, 0.3) is 20.8 Å². The smallest absolute Gasteiger partial charge is 0.306 e. The molecule has 0 aliphatic heterocycles. The number of carbonyl (C=O) groups is 1. The molecule has 4 aromatic rings. The summed E-state index contributed by atoms with van der Waals surface area (Å²) in [7, 11) is 3.20. The number of hydrogen-bond acceptors (Lipinski definition) is 8. The normalized spacial score (nSPS) is 10.9. The van der Waals surface area contributed by atoms with E-state index in [0.717, 1.165) is 25.8 Å². The van der Waals surface area contributed by atoms with E-state index >= 15 is 0 Å². The molecule has 0 saturated carbocycles. The van der Waals surface area contributed by atoms with Crippen LogP contribution in [0.3, 0.4) is 0 Å². The third-order valence-electron chi connectivity index (χ3n) is 4.45. The molecule has 4 rings (SSSR count). The summed E-state index contributed by atoms with van der Waals surface area (Å²) >= 11 is 3.08. The summed E-state index contributed by atoms with van der Waals surface area (Å²) in [4.78, 5) is 21.3. The first-order valence-corrected chi connectivity index (χ1v) is 11.0. The molecule has 0 atom stereocenters. The van der Waals surface area contributed by atoms with Crippen molar-refractivity contribution in [2.24, 2.45) is 0 Å². The Bertz CT molecular complexity index is 1140. The summed E-state index contributed by atoms with van der Waals surface area (Å²) in [6.07, 6.45) is 0.863. The van der Waals surface area contributed by atoms with E-state index in [9.17, 15) is 4.79 Å². The number of esters is 1. The minimum atomic E-state index is -0.261. The molecule has 8 heteroatoms. The van der Waals surface area contributed by atoms with Crippen LogP contribution in [0.2, 0.25) is 0 Å². The van der Waals surface area contributed by atoms with Crippen LogP contribution >= 0.6 is 22.7 Å². The highest BCUT2D eigenvalue weighted by molar-refractivity contribution is 7.18. The van der Waals surface area contributed by atoms with Gasteiger partial charge in [0, 0.05) is 11.8 Å². The molecule has 30 heavy (non-hydrogen) atoms. The summed E-state index contributed by atoms with van der Waals surface area (Å²) in [5.74, 6) is 1.02. The standard InChI is InChI=1S/C22H20N2O4S2/c1-26-17-8-5-6-15(21(17)27-2)22-23-14(13-29-22)12-28-20(25)11-10-19-24-16-7-3-4-9-18(16)30-19/h3-9,13H,10-12H2,1-2H3. The summed E-state index contributed by atoms with van der Waals surface area (Å²) in [5.41, 5.74) is 2.51.